The van der Waals surface area contributed by atoms with E-state index in [4.69, 9.17) is 0 Å². The molecule has 5 unspecified atom stereocenters. The molecule has 0 radical (unpaired) electrons. The largest absolute Gasteiger partial charge is 0.390 e. The predicted octanol–water partition coefficient (Wildman–Crippen LogP) is -0.504. The molecule has 5 atom stereocenters. The van der Waals surface area contributed by atoms with Gasteiger partial charge in [0.15, 0.2) is 0 Å². The van der Waals surface area contributed by atoms with E-state index in [-0.39, 0.29) is 11.8 Å². The van der Waals surface area contributed by atoms with E-state index in [1.165, 1.54) is 6.92 Å². The molecule has 4 N–H and O–H groups in total. The van der Waals surface area contributed by atoms with Crippen molar-refractivity contribution in [1.29, 1.82) is 0 Å². The van der Waals surface area contributed by atoms with Crippen LogP contribution in [0.25, 0.3) is 0 Å². The number of rotatable bonds is 1. The maximum atomic E-state index is 9.74. The van der Waals surface area contributed by atoms with E-state index >= 15 is 0 Å². The van der Waals surface area contributed by atoms with E-state index in [0.717, 1.165) is 0 Å². The van der Waals surface area contributed by atoms with Crippen LogP contribution < -0.4 is 0 Å². The topological polar surface area (TPSA) is 80.9 Å². The van der Waals surface area contributed by atoms with Crippen molar-refractivity contribution in [3.05, 3.63) is 0 Å². The molecular formula is C10H20O4. The Hall–Kier alpha value is -0.160. The van der Waals surface area contributed by atoms with Crippen molar-refractivity contribution in [2.45, 2.75) is 51.1 Å². The monoisotopic (exact) mass is 204 g/mol. The molecule has 4 heteroatoms. The van der Waals surface area contributed by atoms with Gasteiger partial charge in [-0.25, -0.2) is 0 Å². The molecule has 0 aromatic rings. The number of aliphatic hydroxyl groups excluding tert-OH is 3. The first-order valence-electron chi connectivity index (χ1n) is 5.05. The van der Waals surface area contributed by atoms with Crippen LogP contribution in [0.15, 0.2) is 0 Å². The van der Waals surface area contributed by atoms with E-state index in [1.807, 2.05) is 13.8 Å². The van der Waals surface area contributed by atoms with Gasteiger partial charge in [0.1, 0.15) is 11.7 Å². The summed E-state index contributed by atoms with van der Waals surface area (Å²) in [6.45, 7) is 5.20. The summed E-state index contributed by atoms with van der Waals surface area (Å²) in [6.07, 6.45) is -2.90. The van der Waals surface area contributed by atoms with E-state index < -0.39 is 23.9 Å². The summed E-state index contributed by atoms with van der Waals surface area (Å²) in [5.41, 5.74) is -1.61. The summed E-state index contributed by atoms with van der Waals surface area (Å²) in [4.78, 5) is 0. The third-order valence-electron chi connectivity index (χ3n) is 3.39. The highest BCUT2D eigenvalue weighted by molar-refractivity contribution is 5.01. The summed E-state index contributed by atoms with van der Waals surface area (Å²) < 4.78 is 0. The zero-order chi connectivity index (χ0) is 11.1. The summed E-state index contributed by atoms with van der Waals surface area (Å²) in [6, 6.07) is 0. The predicted molar refractivity (Wildman–Crippen MR) is 51.6 cm³/mol. The Morgan fingerprint density at radius 2 is 1.71 bits per heavy atom. The van der Waals surface area contributed by atoms with Crippen molar-refractivity contribution in [1.82, 2.24) is 0 Å². The van der Waals surface area contributed by atoms with Crippen LogP contribution in [-0.4, -0.2) is 44.3 Å². The lowest BCUT2D eigenvalue weighted by atomic mass is 9.70. The van der Waals surface area contributed by atoms with Gasteiger partial charge >= 0.3 is 0 Å². The molecule has 1 saturated carbocycles. The van der Waals surface area contributed by atoms with Gasteiger partial charge in [0, 0.05) is 0 Å². The van der Waals surface area contributed by atoms with Crippen LogP contribution in [0.5, 0.6) is 0 Å². The van der Waals surface area contributed by atoms with E-state index in [2.05, 4.69) is 0 Å². The van der Waals surface area contributed by atoms with Gasteiger partial charge in [-0.3, -0.25) is 0 Å². The Bertz CT molecular complexity index is 200. The minimum atomic E-state index is -1.61. The van der Waals surface area contributed by atoms with Crippen LogP contribution >= 0.6 is 0 Å². The van der Waals surface area contributed by atoms with Gasteiger partial charge in [0.2, 0.25) is 0 Å². The van der Waals surface area contributed by atoms with Crippen molar-refractivity contribution < 1.29 is 20.4 Å². The first kappa shape index (κ1) is 11.9. The average Bonchev–Trinajstić information content (AvgIpc) is 2.08. The molecule has 0 aliphatic heterocycles. The molecule has 1 rings (SSSR count). The summed E-state index contributed by atoms with van der Waals surface area (Å²) in [7, 11) is 0. The normalized spacial score (nSPS) is 49.7. The molecule has 0 heterocycles. The Morgan fingerprint density at radius 3 is 2.14 bits per heavy atom. The van der Waals surface area contributed by atoms with Crippen molar-refractivity contribution >= 4 is 0 Å². The van der Waals surface area contributed by atoms with Crippen LogP contribution in [0.3, 0.4) is 0 Å². The van der Waals surface area contributed by atoms with Gasteiger partial charge < -0.3 is 20.4 Å². The minimum Gasteiger partial charge on any atom is -0.390 e. The van der Waals surface area contributed by atoms with Gasteiger partial charge in [0.25, 0.3) is 0 Å². The Morgan fingerprint density at radius 1 is 1.21 bits per heavy atom. The maximum absolute atomic E-state index is 9.74. The molecule has 0 bridgehead atoms. The quantitative estimate of drug-likeness (QED) is 0.464. The first-order chi connectivity index (χ1) is 6.28. The standard InChI is InChI=1S/C10H20O4/c1-5(2)6-4-7(11)10(3,14)9(13)8(6)12/h5-9,11-14H,4H2,1-3H3. The second-order valence-electron chi connectivity index (χ2n) is 4.82. The Labute approximate surface area is 84.2 Å². The fourth-order valence-corrected chi connectivity index (χ4v) is 2.08. The van der Waals surface area contributed by atoms with Crippen LogP contribution in [0.4, 0.5) is 0 Å². The number of hydrogen-bond donors (Lipinski definition) is 4. The van der Waals surface area contributed by atoms with Crippen LogP contribution in [0.2, 0.25) is 0 Å². The zero-order valence-corrected chi connectivity index (χ0v) is 8.88. The lowest BCUT2D eigenvalue weighted by Crippen LogP contribution is -2.62. The van der Waals surface area contributed by atoms with Crippen molar-refractivity contribution in [3.8, 4) is 0 Å². The highest BCUT2D eigenvalue weighted by atomic mass is 16.4. The average molecular weight is 204 g/mol. The molecule has 0 spiro atoms. The maximum Gasteiger partial charge on any atom is 0.116 e. The third kappa shape index (κ3) is 1.80. The molecule has 0 saturated heterocycles. The highest BCUT2D eigenvalue weighted by Crippen LogP contribution is 2.36. The van der Waals surface area contributed by atoms with Gasteiger partial charge in [-0.15, -0.1) is 0 Å². The molecule has 0 aromatic heterocycles. The van der Waals surface area contributed by atoms with Gasteiger partial charge in [-0.05, 0) is 25.2 Å². The molecule has 84 valence electrons. The highest BCUT2D eigenvalue weighted by Gasteiger charge is 2.50. The fraction of sp³-hybridized carbons (Fsp3) is 1.00. The molecule has 1 aliphatic carbocycles. The molecule has 1 fully saturated rings. The second kappa shape index (κ2) is 3.77. The molecule has 1 aliphatic rings. The van der Waals surface area contributed by atoms with E-state index in [1.54, 1.807) is 0 Å². The van der Waals surface area contributed by atoms with E-state index in [0.29, 0.717) is 6.42 Å². The SMILES string of the molecule is CC(C)C1CC(O)C(C)(O)C(O)C1O. The van der Waals surface area contributed by atoms with Crippen molar-refractivity contribution in [2.24, 2.45) is 11.8 Å². The van der Waals surface area contributed by atoms with Crippen molar-refractivity contribution in [3.63, 3.8) is 0 Å². The van der Waals surface area contributed by atoms with Gasteiger partial charge in [-0.1, -0.05) is 13.8 Å². The minimum absolute atomic E-state index is 0.166. The molecule has 4 nitrogen and oxygen atoms in total. The fourth-order valence-electron chi connectivity index (χ4n) is 2.08. The van der Waals surface area contributed by atoms with Crippen LogP contribution in [-0.2, 0) is 0 Å². The van der Waals surface area contributed by atoms with Crippen molar-refractivity contribution in [2.75, 3.05) is 0 Å². The van der Waals surface area contributed by atoms with Crippen LogP contribution in [0.1, 0.15) is 27.2 Å². The van der Waals surface area contributed by atoms with Gasteiger partial charge in [-0.2, -0.15) is 0 Å². The lowest BCUT2D eigenvalue weighted by molar-refractivity contribution is -0.214. The number of hydrogen-bond acceptors (Lipinski definition) is 4. The molecular weight excluding hydrogens is 184 g/mol. The Balaban J connectivity index is 2.84. The lowest BCUT2D eigenvalue weighted by Gasteiger charge is -2.46. The zero-order valence-electron chi connectivity index (χ0n) is 8.88. The molecule has 0 amide bonds. The summed E-state index contributed by atoms with van der Waals surface area (Å²) in [5, 5.41) is 38.7. The summed E-state index contributed by atoms with van der Waals surface area (Å²) in [5.74, 6) is 0.00521. The molecule has 0 aromatic carbocycles. The second-order valence-corrected chi connectivity index (χ2v) is 4.82. The van der Waals surface area contributed by atoms with Crippen LogP contribution in [0, 0.1) is 11.8 Å². The smallest absolute Gasteiger partial charge is 0.116 e. The van der Waals surface area contributed by atoms with E-state index in [9.17, 15) is 20.4 Å². The van der Waals surface area contributed by atoms with Gasteiger partial charge in [0.05, 0.1) is 12.2 Å². The summed E-state index contributed by atoms with van der Waals surface area (Å²) >= 11 is 0. The first-order valence-corrected chi connectivity index (χ1v) is 5.05. The third-order valence-corrected chi connectivity index (χ3v) is 3.39. The molecule has 14 heavy (non-hydrogen) atoms. The Kier molecular flexibility index (Phi) is 3.21. The number of aliphatic hydroxyl groups is 4.